The maximum Gasteiger partial charge on any atom is 0.239 e. The van der Waals surface area contributed by atoms with Crippen molar-refractivity contribution >= 4 is 22.8 Å². The van der Waals surface area contributed by atoms with Crippen LogP contribution < -0.4 is 15.8 Å². The van der Waals surface area contributed by atoms with Crippen molar-refractivity contribution < 1.29 is 4.74 Å². The van der Waals surface area contributed by atoms with Gasteiger partial charge in [-0.2, -0.15) is 4.98 Å². The van der Waals surface area contributed by atoms with E-state index in [2.05, 4.69) is 50.1 Å². The number of aromatic nitrogens is 1. The molecule has 0 spiro atoms. The van der Waals surface area contributed by atoms with Gasteiger partial charge in [-0.3, -0.25) is 0 Å². The lowest BCUT2D eigenvalue weighted by atomic mass is 10.2. The average molecular weight is 305 g/mol. The Labute approximate surface area is 130 Å². The highest BCUT2D eigenvalue weighted by Crippen LogP contribution is 2.27. The predicted octanol–water partition coefficient (Wildman–Crippen LogP) is 4.24. The molecule has 21 heavy (non-hydrogen) atoms. The van der Waals surface area contributed by atoms with Gasteiger partial charge in [0.15, 0.2) is 0 Å². The zero-order valence-electron chi connectivity index (χ0n) is 13.0. The van der Waals surface area contributed by atoms with E-state index in [0.29, 0.717) is 24.1 Å². The van der Waals surface area contributed by atoms with Crippen molar-refractivity contribution in [2.24, 2.45) is 5.92 Å². The monoisotopic (exact) mass is 305 g/mol. The van der Waals surface area contributed by atoms with Gasteiger partial charge >= 0.3 is 0 Å². The number of pyridine rings is 1. The Morgan fingerprint density at radius 2 is 2.00 bits per heavy atom. The zero-order valence-corrected chi connectivity index (χ0v) is 13.8. The Balaban J connectivity index is 2.07. The van der Waals surface area contributed by atoms with Gasteiger partial charge in [0.05, 0.1) is 18.3 Å². The van der Waals surface area contributed by atoms with Gasteiger partial charge in [0.2, 0.25) is 5.88 Å². The number of nitrogen functional groups attached to an aromatic ring is 1. The second-order valence-electron chi connectivity index (χ2n) is 5.61. The van der Waals surface area contributed by atoms with Crippen LogP contribution in [0.25, 0.3) is 0 Å². The van der Waals surface area contributed by atoms with E-state index in [9.17, 15) is 0 Å². The molecule has 2 heterocycles. The van der Waals surface area contributed by atoms with E-state index in [1.807, 2.05) is 12.1 Å². The molecule has 0 aliphatic rings. The highest BCUT2D eigenvalue weighted by molar-refractivity contribution is 7.12. The molecule has 1 atom stereocenters. The minimum Gasteiger partial charge on any atom is -0.476 e. The fourth-order valence-corrected chi connectivity index (χ4v) is 2.75. The Morgan fingerprint density at radius 3 is 2.62 bits per heavy atom. The highest BCUT2D eigenvalue weighted by Gasteiger charge is 2.10. The summed E-state index contributed by atoms with van der Waals surface area (Å²) in [5.74, 6) is 1.72. The zero-order chi connectivity index (χ0) is 15.4. The van der Waals surface area contributed by atoms with Crippen molar-refractivity contribution in [1.29, 1.82) is 0 Å². The van der Waals surface area contributed by atoms with E-state index < -0.39 is 0 Å². The molecule has 0 radical (unpaired) electrons. The Bertz CT molecular complexity index is 595. The summed E-state index contributed by atoms with van der Waals surface area (Å²) in [5, 5.41) is 3.39. The number of nitrogens with one attached hydrogen (secondary N) is 1. The van der Waals surface area contributed by atoms with Gasteiger partial charge in [-0.25, -0.2) is 0 Å². The summed E-state index contributed by atoms with van der Waals surface area (Å²) >= 11 is 1.79. The molecule has 114 valence electrons. The molecule has 4 nitrogen and oxygen atoms in total. The quantitative estimate of drug-likeness (QED) is 0.838. The number of nitrogens with zero attached hydrogens (tertiary/aromatic N) is 1. The molecule has 0 bridgehead atoms. The topological polar surface area (TPSA) is 60.2 Å². The number of anilines is 2. The first kappa shape index (κ1) is 15.6. The van der Waals surface area contributed by atoms with Crippen molar-refractivity contribution in [1.82, 2.24) is 4.98 Å². The third kappa shape index (κ3) is 4.36. The van der Waals surface area contributed by atoms with Crippen molar-refractivity contribution in [3.8, 4) is 5.88 Å². The number of thiophene rings is 1. The first-order valence-electron chi connectivity index (χ1n) is 7.18. The number of rotatable bonds is 6. The maximum absolute atomic E-state index is 5.91. The summed E-state index contributed by atoms with van der Waals surface area (Å²) in [6.45, 7) is 9.04. The largest absolute Gasteiger partial charge is 0.476 e. The lowest BCUT2D eigenvalue weighted by Gasteiger charge is -2.15. The molecule has 1 unspecified atom stereocenters. The number of hydrogen-bond donors (Lipinski definition) is 2. The van der Waals surface area contributed by atoms with Crippen LogP contribution in [-0.4, -0.2) is 11.6 Å². The van der Waals surface area contributed by atoms with E-state index in [-0.39, 0.29) is 6.04 Å². The van der Waals surface area contributed by atoms with E-state index in [0.717, 1.165) is 5.82 Å². The molecule has 0 saturated heterocycles. The molecule has 2 rings (SSSR count). The Morgan fingerprint density at radius 1 is 1.24 bits per heavy atom. The predicted molar refractivity (Wildman–Crippen MR) is 90.1 cm³/mol. The van der Waals surface area contributed by atoms with Crippen molar-refractivity contribution in [3.63, 3.8) is 0 Å². The van der Waals surface area contributed by atoms with Crippen molar-refractivity contribution in [3.05, 3.63) is 34.0 Å². The molecular formula is C16H23N3OS. The maximum atomic E-state index is 5.91. The molecule has 0 aliphatic heterocycles. The smallest absolute Gasteiger partial charge is 0.239 e. The van der Waals surface area contributed by atoms with Gasteiger partial charge in [0, 0.05) is 9.75 Å². The molecule has 0 amide bonds. The first-order chi connectivity index (χ1) is 9.95. The van der Waals surface area contributed by atoms with Crippen LogP contribution >= 0.6 is 11.3 Å². The molecule has 0 aromatic carbocycles. The summed E-state index contributed by atoms with van der Waals surface area (Å²) in [4.78, 5) is 7.06. The lowest BCUT2D eigenvalue weighted by molar-refractivity contribution is 0.263. The standard InChI is InChI=1S/C16H23N3OS/c1-10(2)9-20-16-13(17)6-8-15(19-16)18-12(4)14-7-5-11(3)21-14/h5-8,10,12H,9,17H2,1-4H3,(H,18,19). The minimum atomic E-state index is 0.206. The summed E-state index contributed by atoms with van der Waals surface area (Å²) in [5.41, 5.74) is 6.48. The average Bonchev–Trinajstić information content (AvgIpc) is 2.86. The summed E-state index contributed by atoms with van der Waals surface area (Å²) in [6.07, 6.45) is 0. The Kier molecular flexibility index (Phi) is 5.07. The third-order valence-corrected chi connectivity index (χ3v) is 4.18. The minimum absolute atomic E-state index is 0.206. The molecule has 0 aliphatic carbocycles. The number of hydrogen-bond acceptors (Lipinski definition) is 5. The lowest BCUT2D eigenvalue weighted by Crippen LogP contribution is -2.10. The summed E-state index contributed by atoms with van der Waals surface area (Å²) < 4.78 is 5.66. The van der Waals surface area contributed by atoms with Crippen LogP contribution in [0.1, 0.15) is 36.6 Å². The molecule has 0 fully saturated rings. The van der Waals surface area contributed by atoms with E-state index >= 15 is 0 Å². The second kappa shape index (κ2) is 6.80. The van der Waals surface area contributed by atoms with Gasteiger partial charge in [0.25, 0.3) is 0 Å². The second-order valence-corrected chi connectivity index (χ2v) is 6.93. The molecule has 2 aromatic rings. The first-order valence-corrected chi connectivity index (χ1v) is 7.99. The van der Waals surface area contributed by atoms with Gasteiger partial charge in [0.1, 0.15) is 5.82 Å². The summed E-state index contributed by atoms with van der Waals surface area (Å²) in [6, 6.07) is 8.20. The molecular weight excluding hydrogens is 282 g/mol. The van der Waals surface area contributed by atoms with Crippen molar-refractivity contribution in [2.45, 2.75) is 33.7 Å². The van der Waals surface area contributed by atoms with Crippen LogP contribution in [-0.2, 0) is 0 Å². The fourth-order valence-electron chi connectivity index (χ4n) is 1.87. The van der Waals surface area contributed by atoms with E-state index in [1.54, 1.807) is 11.3 Å². The van der Waals surface area contributed by atoms with Gasteiger partial charge < -0.3 is 15.8 Å². The van der Waals surface area contributed by atoms with E-state index in [1.165, 1.54) is 9.75 Å². The van der Waals surface area contributed by atoms with Crippen LogP contribution in [0.15, 0.2) is 24.3 Å². The molecule has 0 saturated carbocycles. The number of aryl methyl sites for hydroxylation is 1. The van der Waals surface area contributed by atoms with Crippen LogP contribution in [0.3, 0.4) is 0 Å². The molecule has 5 heteroatoms. The van der Waals surface area contributed by atoms with Crippen molar-refractivity contribution in [2.75, 3.05) is 17.7 Å². The number of ether oxygens (including phenoxy) is 1. The SMILES string of the molecule is Cc1ccc(C(C)Nc2ccc(N)c(OCC(C)C)n2)s1. The van der Waals surface area contributed by atoms with Gasteiger partial charge in [-0.1, -0.05) is 13.8 Å². The van der Waals surface area contributed by atoms with Crippen LogP contribution in [0.5, 0.6) is 5.88 Å². The van der Waals surface area contributed by atoms with Crippen LogP contribution in [0.4, 0.5) is 11.5 Å². The number of nitrogens with two attached hydrogens (primary N) is 1. The highest BCUT2D eigenvalue weighted by atomic mass is 32.1. The normalized spacial score (nSPS) is 12.4. The third-order valence-electron chi connectivity index (χ3n) is 3.00. The van der Waals surface area contributed by atoms with Gasteiger partial charge in [-0.15, -0.1) is 11.3 Å². The van der Waals surface area contributed by atoms with Crippen LogP contribution in [0.2, 0.25) is 0 Å². The summed E-state index contributed by atoms with van der Waals surface area (Å²) in [7, 11) is 0. The van der Waals surface area contributed by atoms with E-state index in [4.69, 9.17) is 10.5 Å². The van der Waals surface area contributed by atoms with Crippen LogP contribution in [0, 0.1) is 12.8 Å². The fraction of sp³-hybridized carbons (Fsp3) is 0.438. The molecule has 2 aromatic heterocycles. The van der Waals surface area contributed by atoms with Gasteiger partial charge in [-0.05, 0) is 44.0 Å². The Hall–Kier alpha value is -1.75. The molecule has 3 N–H and O–H groups in total.